The Hall–Kier alpha value is -10.5. The SMILES string of the molecule is CCOCC(COCC)(COCCC(=O)O)COCCC(=O)O.O=C(CCOCC(COCCC(=O)ON1C(=O)CCC1=O)(COCCC(=O)ON1C(=O)CCC1=O)COCCC(=O)ON1C(=O)CCC1=O)ON1C(=O)CCC1=O.O=C=O.O=C=O.OCC(CO)(CO)CO.[C-]#[N+]CCOCC(COCCC#N)(COCCC#N)COCC[N+]#[C-]. The van der Waals surface area contributed by atoms with Gasteiger partial charge in [-0.15, -0.1) is 20.3 Å². The van der Waals surface area contributed by atoms with Crippen LogP contribution in [0, 0.1) is 57.5 Å². The van der Waals surface area contributed by atoms with Crippen LogP contribution < -0.4 is 0 Å². The van der Waals surface area contributed by atoms with E-state index in [1.807, 2.05) is 26.0 Å². The normalized spacial score (nSPS) is 13.7. The Morgan fingerprint density at radius 3 is 0.683 bits per heavy atom. The summed E-state index contributed by atoms with van der Waals surface area (Å²) in [6.45, 7) is 18.0. The highest BCUT2D eigenvalue weighted by molar-refractivity contribution is 6.03. The van der Waals surface area contributed by atoms with E-state index in [0.29, 0.717) is 73.1 Å². The number of carbonyl (C=O) groups excluding carboxylic acids is 16. The molecule has 0 atom stereocenters. The molecule has 0 aromatic rings. The van der Waals surface area contributed by atoms with Crippen molar-refractivity contribution in [2.75, 3.05) is 198 Å². The number of hydrogen-bond donors (Lipinski definition) is 6. The lowest BCUT2D eigenvalue weighted by Crippen LogP contribution is -2.42. The zero-order valence-electron chi connectivity index (χ0n) is 66.7. The number of carboxylic acid groups (broad SMARTS) is 2. The van der Waals surface area contributed by atoms with Crippen LogP contribution in [0.4, 0.5) is 0 Å². The number of hydroxylamine groups is 8. The van der Waals surface area contributed by atoms with Crippen molar-refractivity contribution in [1.29, 1.82) is 10.5 Å². The van der Waals surface area contributed by atoms with E-state index in [9.17, 15) is 67.1 Å². The smallest absolute Gasteiger partial charge is 0.373 e. The number of ether oxygens (including phenoxy) is 12. The number of nitrogens with zero attached hydrogens (tertiary/aromatic N) is 8. The summed E-state index contributed by atoms with van der Waals surface area (Å²) in [6, 6.07) is 4.02. The molecule has 4 heterocycles. The van der Waals surface area contributed by atoms with Crippen LogP contribution in [-0.4, -0.2) is 344 Å². The van der Waals surface area contributed by atoms with Gasteiger partial charge in [0.25, 0.3) is 47.3 Å². The Labute approximate surface area is 688 Å². The van der Waals surface area contributed by atoms with Crippen molar-refractivity contribution in [3.63, 3.8) is 0 Å². The quantitative estimate of drug-likeness (QED) is 0.0209. The van der Waals surface area contributed by atoms with Gasteiger partial charge in [0.05, 0.1) is 244 Å². The van der Waals surface area contributed by atoms with Crippen molar-refractivity contribution in [3.05, 3.63) is 22.8 Å². The second-order valence-corrected chi connectivity index (χ2v) is 25.6. The fourth-order valence-electron chi connectivity index (χ4n) is 9.19. The van der Waals surface area contributed by atoms with Crippen molar-refractivity contribution in [2.45, 2.75) is 117 Å². The maximum absolute atomic E-state index is 12.3. The number of aliphatic hydroxyl groups is 4. The van der Waals surface area contributed by atoms with Crippen LogP contribution in [0.2, 0.25) is 0 Å². The van der Waals surface area contributed by atoms with Crippen LogP contribution >= 0.6 is 0 Å². The lowest BCUT2D eigenvalue weighted by atomic mass is 9.92. The molecule has 0 bridgehead atoms. The number of rotatable bonds is 60. The molecule has 0 aromatic carbocycles. The van der Waals surface area contributed by atoms with Crippen LogP contribution in [-0.2, 0) is 162 Å². The molecule has 0 radical (unpaired) electrons. The van der Waals surface area contributed by atoms with Crippen LogP contribution in [0.25, 0.3) is 9.69 Å². The first kappa shape index (κ1) is 112. The Morgan fingerprint density at radius 2 is 0.517 bits per heavy atom. The van der Waals surface area contributed by atoms with Crippen molar-refractivity contribution < 1.29 is 193 Å². The summed E-state index contributed by atoms with van der Waals surface area (Å²) in [5, 5.41) is 69.9. The van der Waals surface area contributed by atoms with Gasteiger partial charge in [0.15, 0.2) is 0 Å². The molecule has 4 fully saturated rings. The van der Waals surface area contributed by atoms with Crippen LogP contribution in [0.15, 0.2) is 0 Å². The second kappa shape index (κ2) is 68.3. The third kappa shape index (κ3) is 50.4. The first-order chi connectivity index (χ1) is 57.4. The largest absolute Gasteiger partial charge is 0.481 e. The number of hydrogen-bond acceptors (Lipinski definition) is 40. The average Bonchev–Trinajstić information content (AvgIpc) is 1.87. The number of aliphatic carboxylic acids is 2. The van der Waals surface area contributed by atoms with Gasteiger partial charge in [0, 0.05) is 64.6 Å². The Morgan fingerprint density at radius 1 is 0.333 bits per heavy atom. The minimum atomic E-state index is -1.37. The lowest BCUT2D eigenvalue weighted by Gasteiger charge is -2.33. The summed E-state index contributed by atoms with van der Waals surface area (Å²) >= 11 is 0. The molecule has 120 heavy (non-hydrogen) atoms. The molecule has 48 nitrogen and oxygen atoms in total. The summed E-state index contributed by atoms with van der Waals surface area (Å²) in [5.41, 5.74) is -3.69. The maximum atomic E-state index is 12.3. The number of nitriles is 2. The molecule has 0 spiro atoms. The summed E-state index contributed by atoms with van der Waals surface area (Å²) in [5.74, 6) is -11.2. The fraction of sp³-hybridized carbons (Fsp3) is 0.722. The number of carboxylic acids is 2. The minimum absolute atomic E-state index is 0.0841. The van der Waals surface area contributed by atoms with E-state index in [1.54, 1.807) is 0 Å². The first-order valence-electron chi connectivity index (χ1n) is 36.9. The van der Waals surface area contributed by atoms with E-state index in [4.69, 9.17) is 150 Å². The maximum Gasteiger partial charge on any atom is 0.373 e. The number of amides is 8. The molecule has 4 saturated heterocycles. The predicted octanol–water partition coefficient (Wildman–Crippen LogP) is -2.46. The van der Waals surface area contributed by atoms with Gasteiger partial charge in [0.1, 0.15) is 13.2 Å². The van der Waals surface area contributed by atoms with Gasteiger partial charge in [-0.25, -0.2) is 32.3 Å². The van der Waals surface area contributed by atoms with Crippen molar-refractivity contribution in [3.8, 4) is 12.1 Å². The van der Waals surface area contributed by atoms with Gasteiger partial charge < -0.3 is 117 Å². The van der Waals surface area contributed by atoms with Crippen molar-refractivity contribution in [2.24, 2.45) is 21.7 Å². The highest BCUT2D eigenvalue weighted by atomic mass is 16.7. The molecular formula is C72H104N8O40. The van der Waals surface area contributed by atoms with E-state index in [-0.39, 0.29) is 208 Å². The lowest BCUT2D eigenvalue weighted by molar-refractivity contribution is -0.199. The molecule has 4 aliphatic rings. The second-order valence-electron chi connectivity index (χ2n) is 25.6. The number of carbonyl (C=O) groups is 14. The van der Waals surface area contributed by atoms with E-state index < -0.39 is 157 Å². The molecule has 0 aliphatic carbocycles. The van der Waals surface area contributed by atoms with Crippen LogP contribution in [0.3, 0.4) is 0 Å². The highest BCUT2D eigenvalue weighted by Crippen LogP contribution is 2.26. The summed E-state index contributed by atoms with van der Waals surface area (Å²) in [7, 11) is 0. The van der Waals surface area contributed by atoms with Gasteiger partial charge in [-0.2, -0.15) is 29.7 Å². The summed E-state index contributed by atoms with van der Waals surface area (Å²) in [4.78, 5) is 223. The van der Waals surface area contributed by atoms with Gasteiger partial charge in [-0.05, 0) is 13.8 Å². The molecule has 4 aliphatic heterocycles. The standard InChI is InChI=1S/C33H40N4O20.C17H24N4O4.C15H28O8.C5H12O4.2CO2/c38-21-1-2-22(39)34(21)54-29(46)9-13-50-17-33(18-51-14-10-30(47)55-35-23(40)3-4-24(35)41,19-52-15-11-31(48)56-36-25(42)5-6-26(36)43)20-53-16-12-32(49)57-37-27(44)7-8-28(37)45;1-20-7-11-24-15-17(13-22-9-3-5-18,14-23-10-4-6-19)16-25-12-8-21-2;1-3-20-9-15(10-21-4-2,11-22-7-5-13(16)17)12-23-8-6-14(18)19;6-1-5(2-7,3-8)4-9;2*2-1-3/h1-20H2;3-4,7-16H2;3-12H2,1-2H3,(H,16,17)(H,18,19);6-9H,1-4H2;;. The minimum Gasteiger partial charge on any atom is -0.481 e. The van der Waals surface area contributed by atoms with Crippen LogP contribution in [0.1, 0.15) is 117 Å². The van der Waals surface area contributed by atoms with E-state index >= 15 is 0 Å². The van der Waals surface area contributed by atoms with E-state index in [2.05, 4.69) is 9.69 Å². The molecule has 6 N–H and O–H groups in total. The molecule has 0 saturated carbocycles. The van der Waals surface area contributed by atoms with E-state index in [0.717, 1.165) is 0 Å². The van der Waals surface area contributed by atoms with Gasteiger partial charge in [-0.1, -0.05) is 0 Å². The third-order valence-electron chi connectivity index (χ3n) is 15.6. The van der Waals surface area contributed by atoms with Gasteiger partial charge >= 0.3 is 48.1 Å². The molecule has 4 rings (SSSR count). The van der Waals surface area contributed by atoms with Crippen molar-refractivity contribution >= 4 is 95.4 Å². The fourth-order valence-corrected chi connectivity index (χ4v) is 9.19. The molecule has 0 aromatic heterocycles. The summed E-state index contributed by atoms with van der Waals surface area (Å²) < 4.78 is 66.9. The molecule has 672 valence electrons. The third-order valence-corrected chi connectivity index (χ3v) is 15.6. The zero-order valence-corrected chi connectivity index (χ0v) is 66.7. The molecule has 48 heteroatoms. The average molecular weight is 1720 g/mol. The Kier molecular flexibility index (Phi) is 63.4. The topological polar surface area (TPSA) is 646 Å². The van der Waals surface area contributed by atoms with Crippen molar-refractivity contribution in [1.82, 2.24) is 20.3 Å². The predicted molar refractivity (Wildman–Crippen MR) is 384 cm³/mol. The number of aliphatic hydroxyl groups excluding tert-OH is 4. The Bertz CT molecular complexity index is 2950. The highest BCUT2D eigenvalue weighted by Gasteiger charge is 2.40. The monoisotopic (exact) mass is 1720 g/mol. The molecule has 0 unspecified atom stereocenters. The Balaban J connectivity index is 0. The molecule has 8 amide bonds. The summed E-state index contributed by atoms with van der Waals surface area (Å²) in [6.07, 6.45) is -1.77. The molecular weight excluding hydrogens is 1620 g/mol. The van der Waals surface area contributed by atoms with Gasteiger partial charge in [0.2, 0.25) is 13.1 Å². The van der Waals surface area contributed by atoms with Gasteiger partial charge in [-0.3, -0.25) is 47.9 Å². The zero-order chi connectivity index (χ0) is 90.5. The van der Waals surface area contributed by atoms with Crippen LogP contribution in [0.5, 0.6) is 0 Å². The first-order valence-corrected chi connectivity index (χ1v) is 36.9. The van der Waals surface area contributed by atoms with E-state index in [1.165, 1.54) is 0 Å². The number of imide groups is 4.